The zero-order valence-corrected chi connectivity index (χ0v) is 12.6. The van der Waals surface area contributed by atoms with Gasteiger partial charge in [-0.2, -0.15) is 0 Å². The second-order valence-electron chi connectivity index (χ2n) is 4.85. The number of carbonyl (C=O) groups excluding carboxylic acids is 1. The number of carbonyl (C=O) groups is 1. The number of phenolic OH excluding ortho intramolecular Hbond substituents is 1. The Morgan fingerprint density at radius 2 is 1.95 bits per heavy atom. The topological polar surface area (TPSA) is 67.8 Å². The lowest BCUT2D eigenvalue weighted by Crippen LogP contribution is -2.27. The third-order valence-electron chi connectivity index (χ3n) is 3.25. The Balaban J connectivity index is 1.91. The number of nitrogens with one attached hydrogen (secondary N) is 1. The molecule has 2 N–H and O–H groups in total. The van der Waals surface area contributed by atoms with E-state index in [9.17, 15) is 9.90 Å². The average molecular weight is 301 g/mol. The lowest BCUT2D eigenvalue weighted by molar-refractivity contribution is 0.136. The van der Waals surface area contributed by atoms with Crippen LogP contribution in [0.25, 0.3) is 0 Å². The van der Waals surface area contributed by atoms with Gasteiger partial charge in [-0.25, -0.2) is 4.79 Å². The molecule has 22 heavy (non-hydrogen) atoms. The molecule has 5 heteroatoms. The van der Waals surface area contributed by atoms with Crippen LogP contribution in [0.3, 0.4) is 0 Å². The fourth-order valence-electron chi connectivity index (χ4n) is 2.04. The molecule has 0 aliphatic heterocycles. The average Bonchev–Trinajstić information content (AvgIpc) is 2.53. The number of hydrogen-bond acceptors (Lipinski definition) is 4. The van der Waals surface area contributed by atoms with Crippen molar-refractivity contribution in [2.75, 3.05) is 7.11 Å². The second kappa shape index (κ2) is 7.36. The highest BCUT2D eigenvalue weighted by Crippen LogP contribution is 2.28. The number of alkyl carbamates (subject to hydrolysis) is 1. The van der Waals surface area contributed by atoms with Crippen molar-refractivity contribution in [1.29, 1.82) is 0 Å². The number of rotatable bonds is 5. The Bertz CT molecular complexity index is 628. The molecule has 0 saturated heterocycles. The standard InChI is InChI=1S/C17H19NO4/c1-12(15-9-8-14(21-2)10-16(15)19)18-17(20)22-11-13-6-4-3-5-7-13/h3-10,12,19H,11H2,1-2H3,(H,18,20)/t12-/m1/s1. The third-order valence-corrected chi connectivity index (χ3v) is 3.25. The van der Waals surface area contributed by atoms with Crippen LogP contribution in [0, 0.1) is 0 Å². The molecule has 0 heterocycles. The fourth-order valence-corrected chi connectivity index (χ4v) is 2.04. The van der Waals surface area contributed by atoms with E-state index in [-0.39, 0.29) is 18.4 Å². The summed E-state index contributed by atoms with van der Waals surface area (Å²) >= 11 is 0. The van der Waals surface area contributed by atoms with Crippen molar-refractivity contribution in [1.82, 2.24) is 5.32 Å². The minimum absolute atomic E-state index is 0.0650. The summed E-state index contributed by atoms with van der Waals surface area (Å²) in [4.78, 5) is 11.8. The summed E-state index contributed by atoms with van der Waals surface area (Å²) < 4.78 is 10.2. The maximum Gasteiger partial charge on any atom is 0.407 e. The molecule has 0 aliphatic rings. The fraction of sp³-hybridized carbons (Fsp3) is 0.235. The summed E-state index contributed by atoms with van der Waals surface area (Å²) in [5.41, 5.74) is 1.51. The van der Waals surface area contributed by atoms with E-state index in [2.05, 4.69) is 5.32 Å². The molecule has 5 nitrogen and oxygen atoms in total. The molecule has 2 aromatic carbocycles. The van der Waals surface area contributed by atoms with Gasteiger partial charge in [-0.05, 0) is 24.6 Å². The van der Waals surface area contributed by atoms with Crippen molar-refractivity contribution in [2.45, 2.75) is 19.6 Å². The van der Waals surface area contributed by atoms with Gasteiger partial charge in [0, 0.05) is 11.6 Å². The zero-order valence-electron chi connectivity index (χ0n) is 12.6. The highest BCUT2D eigenvalue weighted by molar-refractivity contribution is 5.68. The number of aromatic hydroxyl groups is 1. The van der Waals surface area contributed by atoms with Gasteiger partial charge in [0.15, 0.2) is 0 Å². The molecule has 116 valence electrons. The first kappa shape index (κ1) is 15.7. The molecule has 0 fully saturated rings. The van der Waals surface area contributed by atoms with Gasteiger partial charge in [-0.15, -0.1) is 0 Å². The minimum atomic E-state index is -0.536. The molecule has 0 unspecified atom stereocenters. The molecule has 2 aromatic rings. The van der Waals surface area contributed by atoms with Gasteiger partial charge in [0.2, 0.25) is 0 Å². The first-order valence-corrected chi connectivity index (χ1v) is 6.94. The Morgan fingerprint density at radius 3 is 2.59 bits per heavy atom. The van der Waals surface area contributed by atoms with E-state index in [0.717, 1.165) is 5.56 Å². The van der Waals surface area contributed by atoms with Gasteiger partial charge in [0.1, 0.15) is 18.1 Å². The van der Waals surface area contributed by atoms with Crippen molar-refractivity contribution >= 4 is 6.09 Å². The summed E-state index contributed by atoms with van der Waals surface area (Å²) in [5.74, 6) is 0.621. The SMILES string of the molecule is COc1ccc([C@@H](C)NC(=O)OCc2ccccc2)c(O)c1. The monoisotopic (exact) mass is 301 g/mol. The third kappa shape index (κ3) is 4.15. The summed E-state index contributed by atoms with van der Waals surface area (Å²) in [6.45, 7) is 1.97. The van der Waals surface area contributed by atoms with Crippen LogP contribution in [0.4, 0.5) is 4.79 Å². The van der Waals surface area contributed by atoms with Crippen molar-refractivity contribution in [2.24, 2.45) is 0 Å². The van der Waals surface area contributed by atoms with E-state index in [1.165, 1.54) is 13.2 Å². The van der Waals surface area contributed by atoms with Crippen molar-refractivity contribution in [3.63, 3.8) is 0 Å². The molecule has 2 rings (SSSR count). The van der Waals surface area contributed by atoms with Crippen LogP contribution in [-0.4, -0.2) is 18.3 Å². The predicted molar refractivity (Wildman–Crippen MR) is 82.8 cm³/mol. The van der Waals surface area contributed by atoms with Crippen molar-refractivity contribution in [3.8, 4) is 11.5 Å². The van der Waals surface area contributed by atoms with Gasteiger partial charge in [0.25, 0.3) is 0 Å². The van der Waals surface area contributed by atoms with Gasteiger partial charge in [-0.1, -0.05) is 30.3 Å². The van der Waals surface area contributed by atoms with E-state index in [0.29, 0.717) is 11.3 Å². The maximum atomic E-state index is 11.8. The summed E-state index contributed by atoms with van der Waals surface area (Å²) in [6.07, 6.45) is -0.536. The van der Waals surface area contributed by atoms with Crippen LogP contribution in [0.5, 0.6) is 11.5 Å². The number of benzene rings is 2. The summed E-state index contributed by atoms with van der Waals surface area (Å²) in [6, 6.07) is 14.0. The number of phenols is 1. The molecule has 0 saturated carbocycles. The molecule has 0 radical (unpaired) electrons. The van der Waals surface area contributed by atoms with E-state index in [1.54, 1.807) is 19.1 Å². The van der Waals surface area contributed by atoms with Crippen LogP contribution < -0.4 is 10.1 Å². The van der Waals surface area contributed by atoms with E-state index >= 15 is 0 Å². The van der Waals surface area contributed by atoms with Crippen LogP contribution in [0.1, 0.15) is 24.1 Å². The molecule has 0 aromatic heterocycles. The van der Waals surface area contributed by atoms with Gasteiger partial charge >= 0.3 is 6.09 Å². The highest BCUT2D eigenvalue weighted by Gasteiger charge is 2.14. The molecular weight excluding hydrogens is 282 g/mol. The van der Waals surface area contributed by atoms with Gasteiger partial charge in [0.05, 0.1) is 13.2 Å². The van der Waals surface area contributed by atoms with E-state index in [4.69, 9.17) is 9.47 Å². The molecule has 1 amide bonds. The second-order valence-corrected chi connectivity index (χ2v) is 4.85. The quantitative estimate of drug-likeness (QED) is 0.888. The number of hydrogen-bond donors (Lipinski definition) is 2. The molecule has 0 aliphatic carbocycles. The minimum Gasteiger partial charge on any atom is -0.507 e. The van der Waals surface area contributed by atoms with Crippen LogP contribution >= 0.6 is 0 Å². The number of methoxy groups -OCH3 is 1. The summed E-state index contributed by atoms with van der Waals surface area (Å²) in [7, 11) is 1.52. The van der Waals surface area contributed by atoms with Crippen molar-refractivity contribution < 1.29 is 19.4 Å². The Labute approximate surface area is 129 Å². The van der Waals surface area contributed by atoms with Gasteiger partial charge < -0.3 is 19.9 Å². The predicted octanol–water partition coefficient (Wildman–Crippen LogP) is 3.39. The Kier molecular flexibility index (Phi) is 5.25. The normalized spacial score (nSPS) is 11.5. The van der Waals surface area contributed by atoms with Crippen molar-refractivity contribution in [3.05, 3.63) is 59.7 Å². The summed E-state index contributed by atoms with van der Waals surface area (Å²) in [5, 5.41) is 12.6. The molecular formula is C17H19NO4. The number of ether oxygens (including phenoxy) is 2. The van der Waals surface area contributed by atoms with Gasteiger partial charge in [-0.3, -0.25) is 0 Å². The lowest BCUT2D eigenvalue weighted by Gasteiger charge is -2.16. The van der Waals surface area contributed by atoms with Crippen LogP contribution in [0.15, 0.2) is 48.5 Å². The zero-order chi connectivity index (χ0) is 15.9. The van der Waals surface area contributed by atoms with Crippen LogP contribution in [0.2, 0.25) is 0 Å². The number of amides is 1. The molecule has 1 atom stereocenters. The largest absolute Gasteiger partial charge is 0.507 e. The lowest BCUT2D eigenvalue weighted by atomic mass is 10.1. The molecule has 0 bridgehead atoms. The first-order valence-electron chi connectivity index (χ1n) is 6.94. The molecule has 0 spiro atoms. The smallest absolute Gasteiger partial charge is 0.407 e. The maximum absolute atomic E-state index is 11.8. The Hall–Kier alpha value is -2.69. The Morgan fingerprint density at radius 1 is 1.23 bits per heavy atom. The highest BCUT2D eigenvalue weighted by atomic mass is 16.5. The van der Waals surface area contributed by atoms with E-state index < -0.39 is 6.09 Å². The van der Waals surface area contributed by atoms with E-state index in [1.807, 2.05) is 30.3 Å². The van der Waals surface area contributed by atoms with Crippen LogP contribution in [-0.2, 0) is 11.3 Å². The first-order chi connectivity index (χ1) is 10.6.